The molecule has 1 aliphatic heterocycles. The Kier molecular flexibility index (Phi) is 4.82. The van der Waals surface area contributed by atoms with Gasteiger partial charge in [0.15, 0.2) is 0 Å². The van der Waals surface area contributed by atoms with Gasteiger partial charge in [0, 0.05) is 20.3 Å². The largest absolute Gasteiger partial charge is 0.385 e. The Balaban J connectivity index is 2.46. The SMILES string of the molecule is COCCCN1C(=O)c2c(Cl)c(Cl)c(Cl)c(Cl)c2C1=O. The molecule has 1 aromatic carbocycles. The quantitative estimate of drug-likeness (QED) is 0.355. The minimum absolute atomic E-state index is 0.00786. The molecule has 0 saturated carbocycles. The van der Waals surface area contributed by atoms with Crippen LogP contribution in [0.1, 0.15) is 27.1 Å². The maximum atomic E-state index is 12.3. The zero-order valence-electron chi connectivity index (χ0n) is 10.3. The van der Waals surface area contributed by atoms with Crippen LogP contribution in [0.2, 0.25) is 20.1 Å². The van der Waals surface area contributed by atoms with Crippen molar-refractivity contribution >= 4 is 58.2 Å². The van der Waals surface area contributed by atoms with Gasteiger partial charge in [-0.25, -0.2) is 0 Å². The van der Waals surface area contributed by atoms with E-state index in [1.165, 1.54) is 7.11 Å². The minimum atomic E-state index is -0.522. The molecule has 20 heavy (non-hydrogen) atoms. The number of amides is 2. The molecule has 0 unspecified atom stereocenters. The number of imide groups is 1. The van der Waals surface area contributed by atoms with E-state index >= 15 is 0 Å². The van der Waals surface area contributed by atoms with E-state index in [1.807, 2.05) is 0 Å². The van der Waals surface area contributed by atoms with Crippen molar-refractivity contribution < 1.29 is 14.3 Å². The number of benzene rings is 1. The van der Waals surface area contributed by atoms with Gasteiger partial charge in [0.2, 0.25) is 0 Å². The van der Waals surface area contributed by atoms with Crippen LogP contribution in [0.15, 0.2) is 0 Å². The highest BCUT2D eigenvalue weighted by atomic mass is 35.5. The van der Waals surface area contributed by atoms with Crippen molar-refractivity contribution in [2.75, 3.05) is 20.3 Å². The van der Waals surface area contributed by atoms with Gasteiger partial charge in [-0.15, -0.1) is 0 Å². The lowest BCUT2D eigenvalue weighted by molar-refractivity contribution is 0.0639. The molecule has 4 nitrogen and oxygen atoms in total. The van der Waals surface area contributed by atoms with Crippen LogP contribution in [-0.4, -0.2) is 37.0 Å². The molecule has 108 valence electrons. The van der Waals surface area contributed by atoms with Crippen LogP contribution in [0.3, 0.4) is 0 Å². The number of methoxy groups -OCH3 is 1. The molecule has 2 amide bonds. The van der Waals surface area contributed by atoms with E-state index in [9.17, 15) is 9.59 Å². The van der Waals surface area contributed by atoms with Crippen LogP contribution in [0.4, 0.5) is 0 Å². The van der Waals surface area contributed by atoms with Gasteiger partial charge in [-0.05, 0) is 6.42 Å². The predicted octanol–water partition coefficient (Wildman–Crippen LogP) is 3.93. The van der Waals surface area contributed by atoms with Crippen molar-refractivity contribution in [3.63, 3.8) is 0 Å². The highest BCUT2D eigenvalue weighted by Gasteiger charge is 2.41. The Morgan fingerprint density at radius 2 is 1.35 bits per heavy atom. The average molecular weight is 357 g/mol. The second kappa shape index (κ2) is 6.08. The first-order valence-corrected chi connectivity index (χ1v) is 7.14. The lowest BCUT2D eigenvalue weighted by Crippen LogP contribution is -2.31. The fourth-order valence-corrected chi connectivity index (χ4v) is 2.98. The number of hydrogen-bond donors (Lipinski definition) is 0. The zero-order chi connectivity index (χ0) is 15.0. The summed E-state index contributed by atoms with van der Waals surface area (Å²) in [6.07, 6.45) is 0.513. The highest BCUT2D eigenvalue weighted by molar-refractivity contribution is 6.55. The third-order valence-electron chi connectivity index (χ3n) is 2.92. The fourth-order valence-electron chi connectivity index (χ4n) is 1.97. The molecule has 2 rings (SSSR count). The maximum Gasteiger partial charge on any atom is 0.263 e. The van der Waals surface area contributed by atoms with E-state index in [0.29, 0.717) is 13.0 Å². The van der Waals surface area contributed by atoms with Crippen LogP contribution >= 0.6 is 46.4 Å². The Morgan fingerprint density at radius 1 is 0.900 bits per heavy atom. The molecular formula is C12H9Cl4NO3. The molecule has 0 aromatic heterocycles. The van der Waals surface area contributed by atoms with Crippen LogP contribution in [0.5, 0.6) is 0 Å². The molecule has 0 aliphatic carbocycles. The molecule has 0 N–H and O–H groups in total. The summed E-state index contributed by atoms with van der Waals surface area (Å²) in [5.41, 5.74) is 0.0157. The Hall–Kier alpha value is -0.520. The molecule has 0 saturated heterocycles. The standard InChI is InChI=1S/C12H9Cl4NO3/c1-20-4-2-3-17-11(18)5-6(12(17)19)8(14)10(16)9(15)7(5)13/h2-4H2,1H3. The summed E-state index contributed by atoms with van der Waals surface area (Å²) in [6, 6.07) is 0. The number of rotatable bonds is 4. The topological polar surface area (TPSA) is 46.6 Å². The molecular weight excluding hydrogens is 348 g/mol. The Morgan fingerprint density at radius 3 is 1.75 bits per heavy atom. The minimum Gasteiger partial charge on any atom is -0.385 e. The number of hydrogen-bond acceptors (Lipinski definition) is 3. The maximum absolute atomic E-state index is 12.3. The third kappa shape index (κ3) is 2.40. The van der Waals surface area contributed by atoms with E-state index in [0.717, 1.165) is 4.90 Å². The van der Waals surface area contributed by atoms with Crippen LogP contribution in [-0.2, 0) is 4.74 Å². The molecule has 1 aromatic rings. The summed E-state index contributed by atoms with van der Waals surface area (Å²) in [7, 11) is 1.54. The molecule has 0 bridgehead atoms. The van der Waals surface area contributed by atoms with E-state index in [4.69, 9.17) is 51.1 Å². The van der Waals surface area contributed by atoms with Gasteiger partial charge in [-0.3, -0.25) is 14.5 Å². The molecule has 1 heterocycles. The number of fused-ring (bicyclic) bond motifs is 1. The van der Waals surface area contributed by atoms with Gasteiger partial charge in [-0.1, -0.05) is 46.4 Å². The van der Waals surface area contributed by atoms with Gasteiger partial charge in [0.05, 0.1) is 31.2 Å². The second-order valence-electron chi connectivity index (χ2n) is 4.11. The number of nitrogens with zero attached hydrogens (tertiary/aromatic N) is 1. The monoisotopic (exact) mass is 355 g/mol. The summed E-state index contributed by atoms with van der Waals surface area (Å²) >= 11 is 23.8. The van der Waals surface area contributed by atoms with Gasteiger partial charge >= 0.3 is 0 Å². The molecule has 0 fully saturated rings. The predicted molar refractivity (Wildman–Crippen MR) is 78.3 cm³/mol. The van der Waals surface area contributed by atoms with Crippen LogP contribution in [0.25, 0.3) is 0 Å². The number of carbonyl (C=O) groups excluding carboxylic acids is 2. The molecule has 1 aliphatic rings. The van der Waals surface area contributed by atoms with E-state index in [1.54, 1.807) is 0 Å². The lowest BCUT2D eigenvalue weighted by Gasteiger charge is -2.12. The van der Waals surface area contributed by atoms with E-state index in [2.05, 4.69) is 0 Å². The Bertz CT molecular complexity index is 556. The van der Waals surface area contributed by atoms with Crippen molar-refractivity contribution in [1.29, 1.82) is 0 Å². The third-order valence-corrected chi connectivity index (χ3v) is 4.72. The summed E-state index contributed by atoms with van der Waals surface area (Å²) in [5.74, 6) is -1.04. The van der Waals surface area contributed by atoms with Crippen LogP contribution in [0, 0.1) is 0 Å². The molecule has 0 spiro atoms. The molecule has 0 atom stereocenters. The molecule has 8 heteroatoms. The van der Waals surface area contributed by atoms with Crippen molar-refractivity contribution in [2.24, 2.45) is 0 Å². The van der Waals surface area contributed by atoms with Gasteiger partial charge in [0.25, 0.3) is 11.8 Å². The zero-order valence-corrected chi connectivity index (χ0v) is 13.3. The summed E-state index contributed by atoms with van der Waals surface area (Å²) < 4.78 is 4.89. The average Bonchev–Trinajstić information content (AvgIpc) is 2.67. The highest BCUT2D eigenvalue weighted by Crippen LogP contribution is 2.44. The first-order chi connectivity index (χ1) is 9.41. The van der Waals surface area contributed by atoms with Crippen LogP contribution < -0.4 is 0 Å². The fraction of sp³-hybridized carbons (Fsp3) is 0.333. The number of carbonyl (C=O) groups is 2. The first kappa shape index (κ1) is 15.9. The van der Waals surface area contributed by atoms with Gasteiger partial charge in [-0.2, -0.15) is 0 Å². The van der Waals surface area contributed by atoms with Crippen molar-refractivity contribution in [2.45, 2.75) is 6.42 Å². The van der Waals surface area contributed by atoms with E-state index < -0.39 is 11.8 Å². The number of ether oxygens (including phenoxy) is 1. The summed E-state index contributed by atoms with van der Waals surface area (Å²) in [6.45, 7) is 0.637. The van der Waals surface area contributed by atoms with Crippen molar-refractivity contribution in [3.8, 4) is 0 Å². The number of halogens is 4. The smallest absolute Gasteiger partial charge is 0.263 e. The molecule has 0 radical (unpaired) electrons. The summed E-state index contributed by atoms with van der Waals surface area (Å²) in [4.78, 5) is 25.6. The second-order valence-corrected chi connectivity index (χ2v) is 5.63. The van der Waals surface area contributed by atoms with Crippen molar-refractivity contribution in [3.05, 3.63) is 31.2 Å². The normalized spacial score (nSPS) is 14.2. The lowest BCUT2D eigenvalue weighted by atomic mass is 10.1. The summed E-state index contributed by atoms with van der Waals surface area (Å²) in [5, 5.41) is -0.165. The van der Waals surface area contributed by atoms with Gasteiger partial charge in [0.1, 0.15) is 0 Å². The van der Waals surface area contributed by atoms with E-state index in [-0.39, 0.29) is 37.8 Å². The Labute approximate surface area is 135 Å². The van der Waals surface area contributed by atoms with Gasteiger partial charge < -0.3 is 4.74 Å². The first-order valence-electron chi connectivity index (χ1n) is 5.62. The van der Waals surface area contributed by atoms with Crippen molar-refractivity contribution in [1.82, 2.24) is 4.90 Å².